The lowest BCUT2D eigenvalue weighted by atomic mass is 10.4. The molecule has 7 nitrogen and oxygen atoms in total. The van der Waals surface area contributed by atoms with Gasteiger partial charge < -0.3 is 10.7 Å². The number of anilines is 2. The Morgan fingerprint density at radius 2 is 2.17 bits per heavy atom. The van der Waals surface area contributed by atoms with E-state index in [4.69, 9.17) is 5.84 Å². The molecular formula is C10H13N7S. The van der Waals surface area contributed by atoms with Crippen LogP contribution in [0.15, 0.2) is 29.8 Å². The Labute approximate surface area is 109 Å². The smallest absolute Gasteiger partial charge is 0.191 e. The van der Waals surface area contributed by atoms with Crippen LogP contribution in [0.25, 0.3) is 0 Å². The van der Waals surface area contributed by atoms with E-state index >= 15 is 0 Å². The maximum atomic E-state index is 5.35. The van der Waals surface area contributed by atoms with Gasteiger partial charge in [-0.2, -0.15) is 0 Å². The van der Waals surface area contributed by atoms with Crippen molar-refractivity contribution in [3.05, 3.63) is 30.4 Å². The topological polar surface area (TPSA) is 102 Å². The average Bonchev–Trinajstić information content (AvgIpc) is 2.45. The molecule has 18 heavy (non-hydrogen) atoms. The molecule has 0 amide bonds. The first-order valence-electron chi connectivity index (χ1n) is 5.20. The van der Waals surface area contributed by atoms with E-state index in [2.05, 4.69) is 30.7 Å². The summed E-state index contributed by atoms with van der Waals surface area (Å²) in [5, 5.41) is 3.81. The lowest BCUT2D eigenvalue weighted by Gasteiger charge is -2.08. The van der Waals surface area contributed by atoms with Gasteiger partial charge in [-0.3, -0.25) is 0 Å². The van der Waals surface area contributed by atoms with Crippen molar-refractivity contribution in [2.75, 3.05) is 17.0 Å². The molecule has 2 rings (SSSR count). The number of hydrogen-bond donors (Lipinski definition) is 3. The first-order chi connectivity index (χ1) is 8.81. The van der Waals surface area contributed by atoms with Gasteiger partial charge in [0.05, 0.1) is 12.2 Å². The van der Waals surface area contributed by atoms with Gasteiger partial charge in [-0.05, 0) is 12.3 Å². The number of thioether (sulfide) groups is 1. The molecule has 0 unspecified atom stereocenters. The molecule has 0 saturated heterocycles. The van der Waals surface area contributed by atoms with Crippen molar-refractivity contribution < 1.29 is 0 Å². The number of aromatic nitrogens is 4. The van der Waals surface area contributed by atoms with E-state index in [1.54, 1.807) is 12.3 Å². The van der Waals surface area contributed by atoms with Gasteiger partial charge in [0.25, 0.3) is 0 Å². The van der Waals surface area contributed by atoms with Gasteiger partial charge in [-0.25, -0.2) is 25.8 Å². The zero-order valence-electron chi connectivity index (χ0n) is 9.79. The first kappa shape index (κ1) is 12.5. The summed E-state index contributed by atoms with van der Waals surface area (Å²) in [6, 6.07) is 3.58. The third kappa shape index (κ3) is 3.28. The number of hydrogen-bond acceptors (Lipinski definition) is 8. The van der Waals surface area contributed by atoms with Crippen LogP contribution in [0.5, 0.6) is 0 Å². The zero-order valence-corrected chi connectivity index (χ0v) is 10.6. The third-order valence-electron chi connectivity index (χ3n) is 2.13. The highest BCUT2D eigenvalue weighted by Gasteiger charge is 2.03. The predicted molar refractivity (Wildman–Crippen MR) is 71.0 cm³/mol. The van der Waals surface area contributed by atoms with Crippen LogP contribution in [0, 0.1) is 0 Å². The maximum absolute atomic E-state index is 5.35. The summed E-state index contributed by atoms with van der Waals surface area (Å²) < 4.78 is 0. The van der Waals surface area contributed by atoms with Crippen molar-refractivity contribution in [1.29, 1.82) is 0 Å². The van der Waals surface area contributed by atoms with Crippen LogP contribution in [-0.2, 0) is 6.54 Å². The molecule has 0 spiro atoms. The number of nitrogens with zero attached hydrogens (tertiary/aromatic N) is 4. The lowest BCUT2D eigenvalue weighted by Crippen LogP contribution is -2.11. The second-order valence-corrected chi connectivity index (χ2v) is 4.10. The molecule has 2 aromatic heterocycles. The number of hydrazine groups is 1. The van der Waals surface area contributed by atoms with Gasteiger partial charge in [0.2, 0.25) is 0 Å². The summed E-state index contributed by atoms with van der Waals surface area (Å²) in [6.45, 7) is 0.567. The molecule has 0 aliphatic heterocycles. The van der Waals surface area contributed by atoms with E-state index < -0.39 is 0 Å². The van der Waals surface area contributed by atoms with E-state index in [1.165, 1.54) is 18.1 Å². The Balaban J connectivity index is 2.09. The minimum absolute atomic E-state index is 0.567. The van der Waals surface area contributed by atoms with E-state index in [1.807, 2.05) is 12.3 Å². The Kier molecular flexibility index (Phi) is 4.26. The molecule has 2 aromatic rings. The minimum atomic E-state index is 0.567. The molecule has 0 bridgehead atoms. The van der Waals surface area contributed by atoms with Crippen LogP contribution in [0.4, 0.5) is 11.6 Å². The second-order valence-electron chi connectivity index (χ2n) is 3.32. The fourth-order valence-electron chi connectivity index (χ4n) is 1.28. The number of nitrogens with one attached hydrogen (secondary N) is 2. The summed E-state index contributed by atoms with van der Waals surface area (Å²) in [4.78, 5) is 16.5. The van der Waals surface area contributed by atoms with E-state index in [0.717, 1.165) is 5.69 Å². The minimum Gasteiger partial charge on any atom is -0.364 e. The number of nitrogens with two attached hydrogens (primary N) is 1. The standard InChI is InChI=1S/C10H13N7S/c1-18-10-15-8(4-9(16-10)17-11)13-5-7-2-3-12-6-14-7/h2-4,6H,5,11H2,1H3,(H2,13,15,16,17). The van der Waals surface area contributed by atoms with Crippen molar-refractivity contribution in [1.82, 2.24) is 19.9 Å². The Hall–Kier alpha value is -1.93. The van der Waals surface area contributed by atoms with Gasteiger partial charge in [-0.15, -0.1) is 0 Å². The molecule has 0 fully saturated rings. The summed E-state index contributed by atoms with van der Waals surface area (Å²) >= 11 is 1.45. The molecule has 8 heteroatoms. The molecule has 2 heterocycles. The maximum Gasteiger partial charge on any atom is 0.191 e. The Morgan fingerprint density at radius 1 is 1.33 bits per heavy atom. The quantitative estimate of drug-likeness (QED) is 0.316. The highest BCUT2D eigenvalue weighted by molar-refractivity contribution is 7.98. The van der Waals surface area contributed by atoms with Crippen molar-refractivity contribution in [2.45, 2.75) is 11.7 Å². The Morgan fingerprint density at radius 3 is 2.83 bits per heavy atom. The molecule has 0 atom stereocenters. The van der Waals surface area contributed by atoms with Crippen LogP contribution in [-0.4, -0.2) is 26.2 Å². The normalized spacial score (nSPS) is 10.1. The van der Waals surface area contributed by atoms with Gasteiger partial charge in [-0.1, -0.05) is 11.8 Å². The molecule has 94 valence electrons. The summed E-state index contributed by atoms with van der Waals surface area (Å²) in [5.41, 5.74) is 3.40. The van der Waals surface area contributed by atoms with Crippen molar-refractivity contribution in [2.24, 2.45) is 5.84 Å². The van der Waals surface area contributed by atoms with E-state index in [0.29, 0.717) is 23.3 Å². The van der Waals surface area contributed by atoms with Crippen LogP contribution in [0.1, 0.15) is 5.69 Å². The highest BCUT2D eigenvalue weighted by Crippen LogP contribution is 2.16. The monoisotopic (exact) mass is 263 g/mol. The fourth-order valence-corrected chi connectivity index (χ4v) is 1.66. The van der Waals surface area contributed by atoms with Crippen LogP contribution < -0.4 is 16.6 Å². The number of rotatable bonds is 5. The average molecular weight is 263 g/mol. The van der Waals surface area contributed by atoms with Gasteiger partial charge in [0.1, 0.15) is 18.0 Å². The largest absolute Gasteiger partial charge is 0.364 e. The molecule has 0 aliphatic rings. The molecular weight excluding hydrogens is 250 g/mol. The van der Waals surface area contributed by atoms with Gasteiger partial charge in [0, 0.05) is 12.3 Å². The highest BCUT2D eigenvalue weighted by atomic mass is 32.2. The predicted octanol–water partition coefficient (Wildman–Crippen LogP) is 0.886. The van der Waals surface area contributed by atoms with Gasteiger partial charge >= 0.3 is 0 Å². The molecule has 0 aromatic carbocycles. The molecule has 4 N–H and O–H groups in total. The SMILES string of the molecule is CSc1nc(NN)cc(NCc2ccncn2)n1. The molecule has 0 aliphatic carbocycles. The zero-order chi connectivity index (χ0) is 12.8. The number of nitrogen functional groups attached to an aromatic ring is 1. The fraction of sp³-hybridized carbons (Fsp3) is 0.200. The first-order valence-corrected chi connectivity index (χ1v) is 6.42. The summed E-state index contributed by atoms with van der Waals surface area (Å²) in [7, 11) is 0. The Bertz CT molecular complexity index is 483. The third-order valence-corrected chi connectivity index (χ3v) is 2.68. The van der Waals surface area contributed by atoms with Crippen LogP contribution >= 0.6 is 11.8 Å². The molecule has 0 radical (unpaired) electrons. The van der Waals surface area contributed by atoms with Crippen LogP contribution in [0.3, 0.4) is 0 Å². The van der Waals surface area contributed by atoms with Crippen molar-refractivity contribution in [3.8, 4) is 0 Å². The second kappa shape index (κ2) is 6.12. The van der Waals surface area contributed by atoms with Gasteiger partial charge in [0.15, 0.2) is 5.16 Å². The lowest BCUT2D eigenvalue weighted by molar-refractivity contribution is 0.938. The van der Waals surface area contributed by atoms with Crippen molar-refractivity contribution >= 4 is 23.4 Å². The van der Waals surface area contributed by atoms with E-state index in [-0.39, 0.29) is 0 Å². The van der Waals surface area contributed by atoms with Crippen LogP contribution in [0.2, 0.25) is 0 Å². The van der Waals surface area contributed by atoms with Crippen molar-refractivity contribution in [3.63, 3.8) is 0 Å². The molecule has 0 saturated carbocycles. The summed E-state index contributed by atoms with van der Waals surface area (Å²) in [6.07, 6.45) is 5.12. The summed E-state index contributed by atoms with van der Waals surface area (Å²) in [5.74, 6) is 6.62. The van der Waals surface area contributed by atoms with E-state index in [9.17, 15) is 0 Å².